The fourth-order valence-electron chi connectivity index (χ4n) is 2.93. The summed E-state index contributed by atoms with van der Waals surface area (Å²) in [6.45, 7) is 3.85. The van der Waals surface area contributed by atoms with Gasteiger partial charge in [0.25, 0.3) is 10.0 Å². The molecule has 0 amide bonds. The molecule has 0 saturated carbocycles. The third-order valence-electron chi connectivity index (χ3n) is 4.31. The van der Waals surface area contributed by atoms with Crippen molar-refractivity contribution in [3.05, 3.63) is 83.1 Å². The van der Waals surface area contributed by atoms with E-state index in [1.54, 1.807) is 53.2 Å². The molecule has 0 aliphatic carbocycles. The topological polar surface area (TPSA) is 99.0 Å². The van der Waals surface area contributed by atoms with Gasteiger partial charge in [-0.1, -0.05) is 23.7 Å². The fourth-order valence-corrected chi connectivity index (χ4v) is 4.51. The Kier molecular flexibility index (Phi) is 5.62. The second-order valence-corrected chi connectivity index (χ2v) is 8.79. The van der Waals surface area contributed by atoms with Gasteiger partial charge in [-0.3, -0.25) is 4.72 Å². The fraction of sp³-hybridized carbons (Fsp3) is 0.0952. The second-order valence-electron chi connectivity index (χ2n) is 6.73. The van der Waals surface area contributed by atoms with Crippen LogP contribution in [0.3, 0.4) is 0 Å². The number of aromatic nitrogens is 4. The van der Waals surface area contributed by atoms with Crippen molar-refractivity contribution in [2.45, 2.75) is 18.7 Å². The highest BCUT2D eigenvalue weighted by atomic mass is 35.5. The first-order valence-electron chi connectivity index (χ1n) is 9.24. The third-order valence-corrected chi connectivity index (χ3v) is 6.19. The van der Waals surface area contributed by atoms with Crippen LogP contribution in [0.25, 0.3) is 5.82 Å². The lowest BCUT2D eigenvalue weighted by Crippen LogP contribution is -2.13. The Balaban J connectivity index is 1.45. The van der Waals surface area contributed by atoms with Crippen LogP contribution in [0.2, 0.25) is 5.02 Å². The summed E-state index contributed by atoms with van der Waals surface area (Å²) in [4.78, 5) is 0.00923. The van der Waals surface area contributed by atoms with Crippen molar-refractivity contribution in [3.63, 3.8) is 0 Å². The Morgan fingerprint density at radius 3 is 2.32 bits per heavy atom. The van der Waals surface area contributed by atoms with Gasteiger partial charge >= 0.3 is 0 Å². The molecule has 0 fully saturated rings. The van der Waals surface area contributed by atoms with E-state index in [4.69, 9.17) is 16.3 Å². The lowest BCUT2D eigenvalue weighted by atomic mass is 10.3. The summed E-state index contributed by atoms with van der Waals surface area (Å²) in [5.74, 6) is 1.37. The van der Waals surface area contributed by atoms with Crippen LogP contribution in [0.4, 0.5) is 5.69 Å². The molecule has 0 unspecified atom stereocenters. The zero-order valence-electron chi connectivity index (χ0n) is 16.7. The van der Waals surface area contributed by atoms with Crippen LogP contribution in [-0.2, 0) is 10.0 Å². The van der Waals surface area contributed by atoms with Gasteiger partial charge in [0, 0.05) is 17.4 Å². The predicted molar refractivity (Wildman–Crippen MR) is 117 cm³/mol. The molecule has 4 rings (SSSR count). The maximum Gasteiger partial charge on any atom is 0.263 e. The van der Waals surface area contributed by atoms with Gasteiger partial charge in [-0.15, -0.1) is 10.2 Å². The first-order valence-corrected chi connectivity index (χ1v) is 11.1. The van der Waals surface area contributed by atoms with Gasteiger partial charge in [-0.05, 0) is 62.4 Å². The van der Waals surface area contributed by atoms with Crippen LogP contribution in [0.1, 0.15) is 11.4 Å². The largest absolute Gasteiger partial charge is 0.438 e. The number of halogens is 1. The molecule has 10 heteroatoms. The van der Waals surface area contributed by atoms with E-state index in [1.165, 1.54) is 12.1 Å². The van der Waals surface area contributed by atoms with Crippen LogP contribution >= 0.6 is 11.6 Å². The highest BCUT2D eigenvalue weighted by Crippen LogP contribution is 2.26. The Labute approximate surface area is 184 Å². The summed E-state index contributed by atoms with van der Waals surface area (Å²) in [6.07, 6.45) is 0. The number of sulfonamides is 1. The number of ether oxygens (including phenoxy) is 1. The SMILES string of the molecule is Cc1cc(C)n(-c2ccc(Oc3ccc(NS(=O)(=O)c4ccccc4Cl)cc3)nn2)n1. The van der Waals surface area contributed by atoms with Crippen LogP contribution in [-0.4, -0.2) is 28.4 Å². The van der Waals surface area contributed by atoms with Gasteiger partial charge < -0.3 is 4.74 Å². The van der Waals surface area contributed by atoms with Crippen LogP contribution < -0.4 is 9.46 Å². The summed E-state index contributed by atoms with van der Waals surface area (Å²) in [7, 11) is -3.80. The summed E-state index contributed by atoms with van der Waals surface area (Å²) in [5, 5.41) is 12.7. The monoisotopic (exact) mass is 455 g/mol. The summed E-state index contributed by atoms with van der Waals surface area (Å²) >= 11 is 5.99. The van der Waals surface area contributed by atoms with E-state index < -0.39 is 10.0 Å². The van der Waals surface area contributed by atoms with Crippen LogP contribution in [0, 0.1) is 13.8 Å². The number of nitrogens with one attached hydrogen (secondary N) is 1. The average molecular weight is 456 g/mol. The standard InChI is InChI=1S/C21H18ClN5O3S/c1-14-13-15(2)27(25-14)20-11-12-21(24-23-20)30-17-9-7-16(8-10-17)26-31(28,29)19-6-4-3-5-18(19)22/h3-13,26H,1-2H3. The quantitative estimate of drug-likeness (QED) is 0.458. The van der Waals surface area contributed by atoms with Crippen molar-refractivity contribution in [1.82, 2.24) is 20.0 Å². The van der Waals surface area contributed by atoms with Crippen LogP contribution in [0.5, 0.6) is 11.6 Å². The van der Waals surface area contributed by atoms with Crippen molar-refractivity contribution in [1.29, 1.82) is 0 Å². The lowest BCUT2D eigenvalue weighted by Gasteiger charge is -2.10. The first-order chi connectivity index (χ1) is 14.8. The van der Waals surface area contributed by atoms with Crippen molar-refractivity contribution < 1.29 is 13.2 Å². The maximum atomic E-state index is 12.5. The minimum atomic E-state index is -3.80. The summed E-state index contributed by atoms with van der Waals surface area (Å²) in [6, 6.07) is 18.1. The minimum Gasteiger partial charge on any atom is -0.438 e. The maximum absolute atomic E-state index is 12.5. The molecule has 0 saturated heterocycles. The number of hydrogen-bond donors (Lipinski definition) is 1. The average Bonchev–Trinajstić information content (AvgIpc) is 3.08. The number of hydrogen-bond acceptors (Lipinski definition) is 6. The van der Waals surface area contributed by atoms with Crippen molar-refractivity contribution in [3.8, 4) is 17.4 Å². The molecule has 0 radical (unpaired) electrons. The van der Waals surface area contributed by atoms with Gasteiger partial charge in [0.05, 0.1) is 10.7 Å². The molecule has 0 bridgehead atoms. The molecule has 158 valence electrons. The molecule has 2 heterocycles. The normalized spacial score (nSPS) is 11.3. The molecule has 0 atom stereocenters. The molecular formula is C21H18ClN5O3S. The number of aryl methyl sites for hydroxylation is 2. The predicted octanol–water partition coefficient (Wildman–Crippen LogP) is 4.53. The van der Waals surface area contributed by atoms with Crippen molar-refractivity contribution in [2.24, 2.45) is 0 Å². The van der Waals surface area contributed by atoms with Gasteiger partial charge in [-0.25, -0.2) is 13.1 Å². The first kappa shape index (κ1) is 20.8. The van der Waals surface area contributed by atoms with E-state index in [0.717, 1.165) is 11.4 Å². The minimum absolute atomic E-state index is 0.00923. The molecule has 4 aromatic rings. The molecule has 1 N–H and O–H groups in total. The third kappa shape index (κ3) is 4.68. The summed E-state index contributed by atoms with van der Waals surface area (Å²) in [5.41, 5.74) is 2.22. The van der Waals surface area contributed by atoms with Gasteiger partial charge in [0.2, 0.25) is 5.88 Å². The zero-order chi connectivity index (χ0) is 22.0. The Morgan fingerprint density at radius 1 is 0.968 bits per heavy atom. The highest BCUT2D eigenvalue weighted by molar-refractivity contribution is 7.92. The Morgan fingerprint density at radius 2 is 1.71 bits per heavy atom. The zero-order valence-corrected chi connectivity index (χ0v) is 18.2. The summed E-state index contributed by atoms with van der Waals surface area (Å²) < 4.78 is 34.9. The van der Waals surface area contributed by atoms with Crippen molar-refractivity contribution in [2.75, 3.05) is 4.72 Å². The van der Waals surface area contributed by atoms with E-state index >= 15 is 0 Å². The van der Waals surface area contributed by atoms with Crippen LogP contribution in [0.15, 0.2) is 71.6 Å². The van der Waals surface area contributed by atoms with Crippen molar-refractivity contribution >= 4 is 27.3 Å². The lowest BCUT2D eigenvalue weighted by molar-refractivity contribution is 0.454. The van der Waals surface area contributed by atoms with E-state index in [0.29, 0.717) is 23.1 Å². The molecule has 0 aliphatic heterocycles. The molecule has 2 aromatic carbocycles. The van der Waals surface area contributed by atoms with Gasteiger partial charge in [0.15, 0.2) is 5.82 Å². The second kappa shape index (κ2) is 8.37. The molecule has 2 aromatic heterocycles. The van der Waals surface area contributed by atoms with E-state index in [1.807, 2.05) is 19.9 Å². The molecule has 0 aliphatic rings. The number of benzene rings is 2. The van der Waals surface area contributed by atoms with E-state index in [-0.39, 0.29) is 9.92 Å². The number of nitrogens with zero attached hydrogens (tertiary/aromatic N) is 4. The Bertz CT molecular complexity index is 1320. The smallest absolute Gasteiger partial charge is 0.263 e. The Hall–Kier alpha value is -3.43. The highest BCUT2D eigenvalue weighted by Gasteiger charge is 2.17. The molecule has 8 nitrogen and oxygen atoms in total. The molecular weight excluding hydrogens is 438 g/mol. The van der Waals surface area contributed by atoms with Gasteiger partial charge in [0.1, 0.15) is 10.6 Å². The molecule has 0 spiro atoms. The number of rotatable bonds is 6. The van der Waals surface area contributed by atoms with E-state index in [2.05, 4.69) is 20.0 Å². The number of anilines is 1. The molecule has 31 heavy (non-hydrogen) atoms. The van der Waals surface area contributed by atoms with Gasteiger partial charge in [-0.2, -0.15) is 5.10 Å². The van der Waals surface area contributed by atoms with E-state index in [9.17, 15) is 8.42 Å².